The molecule has 1 aliphatic heterocycles. The molecule has 0 radical (unpaired) electrons. The summed E-state index contributed by atoms with van der Waals surface area (Å²) < 4.78 is 17.6. The van der Waals surface area contributed by atoms with Crippen LogP contribution in [-0.4, -0.2) is 10.3 Å². The van der Waals surface area contributed by atoms with Gasteiger partial charge in [0.2, 0.25) is 0 Å². The number of halogens is 2. The van der Waals surface area contributed by atoms with Gasteiger partial charge in [-0.25, -0.2) is 8.96 Å². The minimum Gasteiger partial charge on any atom is -1.00 e. The fourth-order valence-electron chi connectivity index (χ4n) is 2.70. The van der Waals surface area contributed by atoms with Crippen LogP contribution in [0.4, 0.5) is 4.39 Å². The van der Waals surface area contributed by atoms with E-state index in [4.69, 9.17) is 0 Å². The minimum absolute atomic E-state index is 0. The average molecular weight is 377 g/mol. The van der Waals surface area contributed by atoms with Crippen LogP contribution in [-0.2, 0) is 6.54 Å². The highest BCUT2D eigenvalue weighted by Gasteiger charge is 2.30. The molecule has 0 saturated carbocycles. The summed E-state index contributed by atoms with van der Waals surface area (Å²) in [5.74, 6) is 0.878. The third-order valence-corrected chi connectivity index (χ3v) is 4.76. The summed E-state index contributed by atoms with van der Waals surface area (Å²) in [5.41, 5.74) is 3.42. The fourth-order valence-corrected chi connectivity index (χ4v) is 3.80. The molecular formula is C17H14BrFN2S. The van der Waals surface area contributed by atoms with Gasteiger partial charge in [0.1, 0.15) is 24.2 Å². The van der Waals surface area contributed by atoms with Crippen molar-refractivity contribution < 1.29 is 25.9 Å². The topological polar surface area (TPSA) is 8.81 Å². The Hall–Kier alpha value is -1.59. The van der Waals surface area contributed by atoms with Crippen molar-refractivity contribution >= 4 is 11.8 Å². The van der Waals surface area contributed by atoms with Gasteiger partial charge in [-0.05, 0) is 36.0 Å². The molecule has 1 aliphatic rings. The maximum absolute atomic E-state index is 13.1. The molecule has 0 N–H and O–H groups in total. The highest BCUT2D eigenvalue weighted by molar-refractivity contribution is 7.99. The molecule has 3 aromatic rings. The van der Waals surface area contributed by atoms with Crippen molar-refractivity contribution in [2.45, 2.75) is 11.7 Å². The van der Waals surface area contributed by atoms with Gasteiger partial charge in [-0.15, -0.1) is 0 Å². The molecule has 22 heavy (non-hydrogen) atoms. The largest absolute Gasteiger partial charge is 1.00 e. The van der Waals surface area contributed by atoms with E-state index in [1.54, 1.807) is 0 Å². The number of nitrogens with zero attached hydrogens (tertiary/aromatic N) is 2. The van der Waals surface area contributed by atoms with Crippen LogP contribution in [0.5, 0.6) is 0 Å². The van der Waals surface area contributed by atoms with Gasteiger partial charge in [-0.2, -0.15) is 4.57 Å². The van der Waals surface area contributed by atoms with Crippen LogP contribution < -0.4 is 21.5 Å². The van der Waals surface area contributed by atoms with Gasteiger partial charge >= 0.3 is 5.16 Å². The summed E-state index contributed by atoms with van der Waals surface area (Å²) in [4.78, 5) is 0. The number of hydrogen-bond donors (Lipinski definition) is 0. The number of imidazole rings is 1. The first-order valence-electron chi connectivity index (χ1n) is 6.92. The van der Waals surface area contributed by atoms with Gasteiger partial charge in [0.15, 0.2) is 5.69 Å². The second-order valence-electron chi connectivity index (χ2n) is 5.01. The zero-order valence-electron chi connectivity index (χ0n) is 11.7. The lowest BCUT2D eigenvalue weighted by atomic mass is 10.2. The third-order valence-electron chi connectivity index (χ3n) is 3.70. The first-order valence-corrected chi connectivity index (χ1v) is 7.91. The zero-order chi connectivity index (χ0) is 14.2. The molecule has 5 heteroatoms. The van der Waals surface area contributed by atoms with Crippen molar-refractivity contribution in [3.8, 4) is 16.9 Å². The number of fused-ring (bicyclic) bond motifs is 1. The first kappa shape index (κ1) is 15.3. The van der Waals surface area contributed by atoms with E-state index < -0.39 is 0 Å². The van der Waals surface area contributed by atoms with Crippen LogP contribution in [0.3, 0.4) is 0 Å². The molecule has 0 aliphatic carbocycles. The minimum atomic E-state index is -0.203. The molecule has 4 rings (SSSR count). The van der Waals surface area contributed by atoms with E-state index in [1.807, 2.05) is 30.0 Å². The molecule has 0 atom stereocenters. The molecule has 0 bridgehead atoms. The standard InChI is InChI=1S/C17H14FN2S.BrH/c18-14-6-8-15(9-7-14)20-12-16(13-4-2-1-3-5-13)19-10-11-21-17(19)20;/h1-9,12H,10-11H2;1H/q+1;/p-1. The number of thioether (sulfide) groups is 1. The third kappa shape index (κ3) is 2.59. The SMILES string of the molecule is Fc1ccc(-n2cc(-c3ccccc3)[n+]3c2SCC3)cc1.[Br-]. The summed E-state index contributed by atoms with van der Waals surface area (Å²) >= 11 is 1.84. The lowest BCUT2D eigenvalue weighted by Gasteiger charge is -1.97. The maximum Gasteiger partial charge on any atom is 0.323 e. The van der Waals surface area contributed by atoms with Gasteiger partial charge in [0.05, 0.1) is 0 Å². The van der Waals surface area contributed by atoms with Crippen LogP contribution in [0, 0.1) is 5.82 Å². The van der Waals surface area contributed by atoms with E-state index in [-0.39, 0.29) is 22.8 Å². The van der Waals surface area contributed by atoms with Gasteiger partial charge in [-0.3, -0.25) is 0 Å². The Labute approximate surface area is 143 Å². The lowest BCUT2D eigenvalue weighted by molar-refractivity contribution is -0.713. The molecule has 0 fully saturated rings. The smallest absolute Gasteiger partial charge is 0.323 e. The first-order chi connectivity index (χ1) is 10.3. The summed E-state index contributed by atoms with van der Waals surface area (Å²) in [6.07, 6.45) is 2.14. The summed E-state index contributed by atoms with van der Waals surface area (Å²) in [5, 5.41) is 1.21. The Kier molecular flexibility index (Phi) is 4.36. The van der Waals surface area contributed by atoms with Crippen LogP contribution in [0.15, 0.2) is 66.0 Å². The summed E-state index contributed by atoms with van der Waals surface area (Å²) in [6.45, 7) is 1.01. The lowest BCUT2D eigenvalue weighted by Crippen LogP contribution is -3.00. The Morgan fingerprint density at radius 3 is 2.45 bits per heavy atom. The van der Waals surface area contributed by atoms with Crippen molar-refractivity contribution in [1.29, 1.82) is 0 Å². The van der Waals surface area contributed by atoms with Crippen LogP contribution in [0.2, 0.25) is 0 Å². The molecule has 2 heterocycles. The van der Waals surface area contributed by atoms with E-state index in [2.05, 4.69) is 39.6 Å². The molecule has 1 aromatic heterocycles. The maximum atomic E-state index is 13.1. The second-order valence-corrected chi connectivity index (χ2v) is 6.07. The average Bonchev–Trinajstić information content (AvgIpc) is 3.11. The van der Waals surface area contributed by atoms with Gasteiger partial charge < -0.3 is 17.0 Å². The van der Waals surface area contributed by atoms with Crippen molar-refractivity contribution in [3.05, 3.63) is 66.6 Å². The number of hydrogen-bond acceptors (Lipinski definition) is 1. The molecule has 112 valence electrons. The molecular weight excluding hydrogens is 363 g/mol. The summed E-state index contributed by atoms with van der Waals surface area (Å²) in [7, 11) is 0. The van der Waals surface area contributed by atoms with E-state index in [0.717, 1.165) is 18.0 Å². The van der Waals surface area contributed by atoms with Crippen molar-refractivity contribution in [1.82, 2.24) is 4.57 Å². The molecule has 2 aromatic carbocycles. The van der Waals surface area contributed by atoms with Crippen molar-refractivity contribution in [3.63, 3.8) is 0 Å². The monoisotopic (exact) mass is 376 g/mol. The normalized spacial score (nSPS) is 12.8. The molecule has 0 saturated heterocycles. The molecule has 0 amide bonds. The van der Waals surface area contributed by atoms with E-state index >= 15 is 0 Å². The Morgan fingerprint density at radius 2 is 1.73 bits per heavy atom. The predicted molar refractivity (Wildman–Crippen MR) is 82.1 cm³/mol. The van der Waals surface area contributed by atoms with Crippen LogP contribution in [0.1, 0.15) is 0 Å². The molecule has 0 spiro atoms. The highest BCUT2D eigenvalue weighted by atomic mass is 79.9. The fraction of sp³-hybridized carbons (Fsp3) is 0.118. The van der Waals surface area contributed by atoms with Crippen molar-refractivity contribution in [2.75, 3.05) is 5.75 Å². The molecule has 0 unspecified atom stereocenters. The van der Waals surface area contributed by atoms with E-state index in [1.165, 1.54) is 28.5 Å². The predicted octanol–water partition coefficient (Wildman–Crippen LogP) is 0.681. The van der Waals surface area contributed by atoms with Gasteiger partial charge in [-0.1, -0.05) is 30.3 Å². The van der Waals surface area contributed by atoms with Crippen LogP contribution in [0.25, 0.3) is 16.9 Å². The Balaban J connectivity index is 0.00000144. The van der Waals surface area contributed by atoms with Crippen LogP contribution >= 0.6 is 11.8 Å². The zero-order valence-corrected chi connectivity index (χ0v) is 14.1. The number of aromatic nitrogens is 2. The quantitative estimate of drug-likeness (QED) is 0.597. The van der Waals surface area contributed by atoms with E-state index in [0.29, 0.717) is 0 Å². The Morgan fingerprint density at radius 1 is 1.00 bits per heavy atom. The van der Waals surface area contributed by atoms with Gasteiger partial charge in [0, 0.05) is 11.3 Å². The molecule has 2 nitrogen and oxygen atoms in total. The summed E-state index contributed by atoms with van der Waals surface area (Å²) in [6, 6.07) is 17.1. The van der Waals surface area contributed by atoms with E-state index in [9.17, 15) is 4.39 Å². The van der Waals surface area contributed by atoms with Crippen molar-refractivity contribution in [2.24, 2.45) is 0 Å². The Bertz CT molecular complexity index is 784. The number of benzene rings is 2. The second kappa shape index (κ2) is 6.26. The van der Waals surface area contributed by atoms with Gasteiger partial charge in [0.25, 0.3) is 0 Å². The number of rotatable bonds is 2. The highest BCUT2D eigenvalue weighted by Crippen LogP contribution is 2.29.